The van der Waals surface area contributed by atoms with Gasteiger partial charge in [0, 0.05) is 56.0 Å². The van der Waals surface area contributed by atoms with E-state index in [-0.39, 0.29) is 0 Å². The maximum Gasteiger partial charge on any atom is 0.137 e. The minimum Gasteiger partial charge on any atom is -0.381 e. The van der Waals surface area contributed by atoms with Crippen LogP contribution in [0.15, 0.2) is 21.3 Å². The average molecular weight is 689 g/mol. The average Bonchev–Trinajstić information content (AvgIpc) is 3.97. The summed E-state index contributed by atoms with van der Waals surface area (Å²) >= 11 is 0. The molecule has 8 heteroatoms. The summed E-state index contributed by atoms with van der Waals surface area (Å²) in [6.07, 6.45) is 14.0. The maximum atomic E-state index is 5.06. The SMILES string of the molecule is CC1CCCC1.CC1CCOC1.CC1CCOC1.CCC(C)CC.CCc1c(C)noc1C.CCn1nccc1C.Cc1noc(C)c1C. The van der Waals surface area contributed by atoms with Crippen molar-refractivity contribution in [3.05, 3.63) is 52.0 Å². The molecule has 3 aromatic heterocycles. The van der Waals surface area contributed by atoms with Crippen LogP contribution in [0.5, 0.6) is 0 Å². The lowest BCUT2D eigenvalue weighted by molar-refractivity contribution is 0.188. The van der Waals surface area contributed by atoms with Crippen molar-refractivity contribution in [2.45, 2.75) is 161 Å². The van der Waals surface area contributed by atoms with E-state index >= 15 is 0 Å². The van der Waals surface area contributed by atoms with Crippen LogP contribution in [0, 0.1) is 65.2 Å². The number of ether oxygens (including phenoxy) is 2. The molecule has 0 spiro atoms. The van der Waals surface area contributed by atoms with Crippen LogP contribution in [-0.4, -0.2) is 46.5 Å². The molecular weight excluding hydrogens is 612 g/mol. The minimum absolute atomic E-state index is 0.824. The number of rotatable bonds is 4. The highest BCUT2D eigenvalue weighted by molar-refractivity contribution is 5.20. The Morgan fingerprint density at radius 1 is 0.714 bits per heavy atom. The van der Waals surface area contributed by atoms with Gasteiger partial charge in [0.1, 0.15) is 11.5 Å². The molecule has 3 fully saturated rings. The molecule has 8 nitrogen and oxygen atoms in total. The topological polar surface area (TPSA) is 88.3 Å². The number of hydrogen-bond acceptors (Lipinski definition) is 7. The summed E-state index contributed by atoms with van der Waals surface area (Å²) in [4.78, 5) is 0. The summed E-state index contributed by atoms with van der Waals surface area (Å²) in [6, 6.07) is 2.00. The van der Waals surface area contributed by atoms with Gasteiger partial charge in [0.2, 0.25) is 0 Å². The van der Waals surface area contributed by atoms with Crippen molar-refractivity contribution in [2.75, 3.05) is 26.4 Å². The second-order valence-corrected chi connectivity index (χ2v) is 14.1. The molecule has 0 aromatic carbocycles. The van der Waals surface area contributed by atoms with E-state index in [0.717, 1.165) is 91.5 Å². The highest BCUT2D eigenvalue weighted by Crippen LogP contribution is 2.23. The van der Waals surface area contributed by atoms with Gasteiger partial charge in [0.25, 0.3) is 0 Å². The van der Waals surface area contributed by atoms with Gasteiger partial charge < -0.3 is 18.5 Å². The lowest BCUT2D eigenvalue weighted by Gasteiger charge is -1.98. The summed E-state index contributed by atoms with van der Waals surface area (Å²) in [5.74, 6) is 5.50. The van der Waals surface area contributed by atoms with E-state index in [4.69, 9.17) is 18.5 Å². The predicted octanol–water partition coefficient (Wildman–Crippen LogP) is 11.4. The Kier molecular flexibility index (Phi) is 26.9. The molecule has 1 saturated carbocycles. The summed E-state index contributed by atoms with van der Waals surface area (Å²) in [5.41, 5.74) is 5.64. The molecule has 2 aliphatic heterocycles. The van der Waals surface area contributed by atoms with Crippen LogP contribution >= 0.6 is 0 Å². The fraction of sp³-hybridized carbons (Fsp3) is 0.780. The molecule has 6 rings (SSSR count). The van der Waals surface area contributed by atoms with Crippen LogP contribution in [0.2, 0.25) is 0 Å². The van der Waals surface area contributed by atoms with Gasteiger partial charge in [-0.25, -0.2) is 0 Å². The summed E-state index contributed by atoms with van der Waals surface area (Å²) in [6.45, 7) is 34.4. The van der Waals surface area contributed by atoms with Gasteiger partial charge in [-0.15, -0.1) is 0 Å². The van der Waals surface area contributed by atoms with E-state index in [1.165, 1.54) is 62.6 Å². The van der Waals surface area contributed by atoms with E-state index in [0.29, 0.717) is 0 Å². The zero-order chi connectivity index (χ0) is 37.2. The van der Waals surface area contributed by atoms with E-state index < -0.39 is 0 Å². The first-order valence-corrected chi connectivity index (χ1v) is 19.3. The van der Waals surface area contributed by atoms with Gasteiger partial charge in [-0.3, -0.25) is 4.68 Å². The zero-order valence-electron chi connectivity index (χ0n) is 34.3. The van der Waals surface area contributed by atoms with Gasteiger partial charge >= 0.3 is 0 Å². The van der Waals surface area contributed by atoms with Crippen LogP contribution in [-0.2, 0) is 22.4 Å². The summed E-state index contributed by atoms with van der Waals surface area (Å²) in [7, 11) is 0. The van der Waals surface area contributed by atoms with E-state index in [2.05, 4.69) is 77.7 Å². The van der Waals surface area contributed by atoms with Gasteiger partial charge in [-0.1, -0.05) is 97.3 Å². The number of aryl methyl sites for hydroxylation is 6. The molecule has 284 valence electrons. The van der Waals surface area contributed by atoms with Gasteiger partial charge in [-0.05, 0) is 97.5 Å². The Balaban J connectivity index is 0.000000552. The number of nitrogens with zero attached hydrogens (tertiary/aromatic N) is 4. The molecule has 49 heavy (non-hydrogen) atoms. The van der Waals surface area contributed by atoms with Crippen LogP contribution < -0.4 is 0 Å². The van der Waals surface area contributed by atoms with Gasteiger partial charge in [0.05, 0.1) is 11.4 Å². The molecule has 0 radical (unpaired) electrons. The normalized spacial score (nSPS) is 17.9. The van der Waals surface area contributed by atoms with Crippen molar-refractivity contribution in [3.8, 4) is 0 Å². The van der Waals surface area contributed by atoms with Crippen molar-refractivity contribution in [2.24, 2.45) is 23.7 Å². The molecule has 2 atom stereocenters. The third-order valence-corrected chi connectivity index (χ3v) is 9.51. The highest BCUT2D eigenvalue weighted by atomic mass is 16.5. The third kappa shape index (κ3) is 22.1. The molecule has 0 amide bonds. The van der Waals surface area contributed by atoms with Crippen molar-refractivity contribution >= 4 is 0 Å². The fourth-order valence-corrected chi connectivity index (χ4v) is 4.99. The zero-order valence-corrected chi connectivity index (χ0v) is 34.3. The van der Waals surface area contributed by atoms with Crippen LogP contribution in [0.25, 0.3) is 0 Å². The molecule has 0 N–H and O–H groups in total. The predicted molar refractivity (Wildman–Crippen MR) is 205 cm³/mol. The number of hydrogen-bond donors (Lipinski definition) is 0. The Morgan fingerprint density at radius 2 is 1.22 bits per heavy atom. The molecule has 5 heterocycles. The molecule has 0 bridgehead atoms. The molecule has 3 aromatic rings. The van der Waals surface area contributed by atoms with E-state index in [1.807, 2.05) is 51.6 Å². The molecular formula is C41H76N4O4. The summed E-state index contributed by atoms with van der Waals surface area (Å²) in [5, 5.41) is 11.6. The fourth-order valence-electron chi connectivity index (χ4n) is 4.99. The molecule has 2 saturated heterocycles. The van der Waals surface area contributed by atoms with Gasteiger partial charge in [-0.2, -0.15) is 5.10 Å². The Morgan fingerprint density at radius 3 is 1.37 bits per heavy atom. The van der Waals surface area contributed by atoms with E-state index in [1.54, 1.807) is 0 Å². The first-order chi connectivity index (χ1) is 23.3. The largest absolute Gasteiger partial charge is 0.381 e. The van der Waals surface area contributed by atoms with Crippen LogP contribution in [0.4, 0.5) is 0 Å². The van der Waals surface area contributed by atoms with Crippen LogP contribution in [0.3, 0.4) is 0 Å². The summed E-state index contributed by atoms with van der Waals surface area (Å²) < 4.78 is 21.9. The quantitative estimate of drug-likeness (QED) is 0.269. The third-order valence-electron chi connectivity index (χ3n) is 9.51. The Hall–Kier alpha value is -2.45. The van der Waals surface area contributed by atoms with Crippen LogP contribution in [0.1, 0.15) is 146 Å². The standard InChI is InChI=1S/C7H11NO.C6H10N2.C6H9NO.C6H12.C6H14.2C5H10O/c1-4-7-5(2)8-9-6(7)3;1-3-8-6(2)4-5-7-8;1-4-5(2)7-8-6(4)3;1-6-4-2-3-5-6;1-4-6(3)5-2;2*1-5-2-3-6-4-5/h4H2,1-3H3;4-5H,3H2,1-2H3;1-3H3;6H,2-5H2,1H3;6H,4-5H2,1-3H3;2*5H,2-4H2,1H3. The second kappa shape index (κ2) is 28.3. The Bertz CT molecular complexity index is 1090. The second-order valence-electron chi connectivity index (χ2n) is 14.1. The lowest BCUT2D eigenvalue weighted by atomic mass is 10.1. The maximum absolute atomic E-state index is 5.06. The molecule has 3 aliphatic rings. The minimum atomic E-state index is 0.824. The smallest absolute Gasteiger partial charge is 0.137 e. The van der Waals surface area contributed by atoms with Crippen molar-refractivity contribution < 1.29 is 18.5 Å². The molecule has 1 aliphatic carbocycles. The highest BCUT2D eigenvalue weighted by Gasteiger charge is 2.09. The first kappa shape index (κ1) is 46.5. The van der Waals surface area contributed by atoms with Crippen molar-refractivity contribution in [3.63, 3.8) is 0 Å². The number of aromatic nitrogens is 4. The first-order valence-electron chi connectivity index (χ1n) is 19.3. The van der Waals surface area contributed by atoms with E-state index in [9.17, 15) is 0 Å². The monoisotopic (exact) mass is 689 g/mol. The van der Waals surface area contributed by atoms with Crippen molar-refractivity contribution in [1.29, 1.82) is 0 Å². The molecule has 2 unspecified atom stereocenters. The van der Waals surface area contributed by atoms with Gasteiger partial charge in [0.15, 0.2) is 0 Å². The van der Waals surface area contributed by atoms with Crippen molar-refractivity contribution in [1.82, 2.24) is 20.1 Å². The Labute approximate surface area is 301 Å². The lowest BCUT2D eigenvalue weighted by Crippen LogP contribution is -1.97.